The molecule has 0 unspecified atom stereocenters. The van der Waals surface area contributed by atoms with Crippen LogP contribution in [0.3, 0.4) is 0 Å². The Balaban J connectivity index is 2.04. The summed E-state index contributed by atoms with van der Waals surface area (Å²) in [5, 5.41) is 3.45. The highest BCUT2D eigenvalue weighted by Crippen LogP contribution is 2.14. The molecular weight excluding hydrogens is 282 g/mol. The quantitative estimate of drug-likeness (QED) is 0.735. The summed E-state index contributed by atoms with van der Waals surface area (Å²) in [7, 11) is -3.55. The molecule has 0 saturated carbocycles. The lowest BCUT2D eigenvalue weighted by Crippen LogP contribution is -2.25. The molecule has 0 radical (unpaired) electrons. The summed E-state index contributed by atoms with van der Waals surface area (Å²) in [5.41, 5.74) is 6.37. The van der Waals surface area contributed by atoms with Gasteiger partial charge in [-0.25, -0.2) is 13.1 Å². The van der Waals surface area contributed by atoms with Crippen molar-refractivity contribution in [3.8, 4) is 0 Å². The summed E-state index contributed by atoms with van der Waals surface area (Å²) in [4.78, 5) is 4.03. The average molecular weight is 299 g/mol. The summed E-state index contributed by atoms with van der Waals surface area (Å²) in [6, 6.07) is 1.58. The van der Waals surface area contributed by atoms with Crippen molar-refractivity contribution < 1.29 is 12.9 Å². The first-order valence-corrected chi connectivity index (χ1v) is 7.69. The maximum Gasteiger partial charge on any atom is 0.242 e. The van der Waals surface area contributed by atoms with Crippen LogP contribution in [0.15, 0.2) is 28.0 Å². The fourth-order valence-electron chi connectivity index (χ4n) is 1.82. The van der Waals surface area contributed by atoms with Gasteiger partial charge in [0.2, 0.25) is 15.9 Å². The molecule has 0 amide bonds. The van der Waals surface area contributed by atoms with Gasteiger partial charge >= 0.3 is 0 Å². The smallest absolute Gasteiger partial charge is 0.242 e. The molecule has 0 bridgehead atoms. The number of nitrogens with zero attached hydrogens (tertiary/aromatic N) is 3. The van der Waals surface area contributed by atoms with Gasteiger partial charge < -0.3 is 14.8 Å². The van der Waals surface area contributed by atoms with E-state index in [0.717, 1.165) is 5.69 Å². The summed E-state index contributed by atoms with van der Waals surface area (Å²) in [6.07, 6.45) is 3.20. The van der Waals surface area contributed by atoms with Gasteiger partial charge in [-0.15, -0.1) is 0 Å². The highest BCUT2D eigenvalue weighted by molar-refractivity contribution is 7.89. The Morgan fingerprint density at radius 2 is 2.30 bits per heavy atom. The maximum absolute atomic E-state index is 12.1. The van der Waals surface area contributed by atoms with E-state index in [1.54, 1.807) is 12.3 Å². The lowest BCUT2D eigenvalue weighted by Gasteiger charge is -2.03. The first-order chi connectivity index (χ1) is 9.56. The number of nitrogens with two attached hydrogens (primary N) is 1. The standard InChI is InChI=1S/C11H17N5O3S/c1-2-16-7-10(5-9(16)6-12)20(17,18)15-4-3-11-13-8-14-19-11/h5,7-8,15H,2-4,6,12H2,1H3. The predicted octanol–water partition coefficient (Wildman–Crippen LogP) is -0.129. The van der Waals surface area contributed by atoms with Crippen molar-refractivity contribution >= 4 is 10.0 Å². The van der Waals surface area contributed by atoms with Gasteiger partial charge in [0.1, 0.15) is 0 Å². The van der Waals surface area contributed by atoms with Gasteiger partial charge in [-0.3, -0.25) is 0 Å². The van der Waals surface area contributed by atoms with Crippen LogP contribution < -0.4 is 10.5 Å². The van der Waals surface area contributed by atoms with E-state index >= 15 is 0 Å². The fraction of sp³-hybridized carbons (Fsp3) is 0.455. The van der Waals surface area contributed by atoms with Crippen LogP contribution >= 0.6 is 0 Å². The van der Waals surface area contributed by atoms with E-state index < -0.39 is 10.0 Å². The molecule has 9 heteroatoms. The van der Waals surface area contributed by atoms with Crippen molar-refractivity contribution in [3.63, 3.8) is 0 Å². The van der Waals surface area contributed by atoms with Crippen molar-refractivity contribution in [3.05, 3.63) is 30.2 Å². The molecule has 2 aromatic heterocycles. The Hall–Kier alpha value is -1.71. The summed E-state index contributed by atoms with van der Waals surface area (Å²) in [5.74, 6) is 0.390. The molecule has 20 heavy (non-hydrogen) atoms. The number of hydrogen-bond donors (Lipinski definition) is 2. The monoisotopic (exact) mass is 299 g/mol. The van der Waals surface area contributed by atoms with Gasteiger partial charge in [-0.1, -0.05) is 5.16 Å². The van der Waals surface area contributed by atoms with Crippen LogP contribution in [-0.4, -0.2) is 29.7 Å². The Kier molecular flexibility index (Phi) is 4.53. The molecule has 0 aliphatic rings. The molecule has 2 heterocycles. The minimum Gasteiger partial charge on any atom is -0.349 e. The van der Waals surface area contributed by atoms with Gasteiger partial charge in [0, 0.05) is 37.9 Å². The number of rotatable bonds is 7. The highest BCUT2D eigenvalue weighted by Gasteiger charge is 2.17. The van der Waals surface area contributed by atoms with Crippen LogP contribution in [0.1, 0.15) is 18.5 Å². The van der Waals surface area contributed by atoms with E-state index in [-0.39, 0.29) is 11.4 Å². The van der Waals surface area contributed by atoms with Crippen molar-refractivity contribution in [1.82, 2.24) is 19.4 Å². The minimum absolute atomic E-state index is 0.194. The normalized spacial score (nSPS) is 11.9. The van der Waals surface area contributed by atoms with Crippen LogP contribution in [0.4, 0.5) is 0 Å². The van der Waals surface area contributed by atoms with Crippen LogP contribution in [-0.2, 0) is 29.5 Å². The second-order valence-electron chi connectivity index (χ2n) is 4.14. The van der Waals surface area contributed by atoms with Crippen molar-refractivity contribution in [2.24, 2.45) is 5.73 Å². The minimum atomic E-state index is -3.55. The molecular formula is C11H17N5O3S. The van der Waals surface area contributed by atoms with E-state index in [4.69, 9.17) is 10.3 Å². The number of hydrogen-bond acceptors (Lipinski definition) is 6. The molecule has 2 rings (SSSR count). The first kappa shape index (κ1) is 14.7. The molecule has 3 N–H and O–H groups in total. The molecule has 110 valence electrons. The zero-order chi connectivity index (χ0) is 14.6. The number of aromatic nitrogens is 3. The van der Waals surface area contributed by atoms with E-state index in [1.165, 1.54) is 6.33 Å². The number of sulfonamides is 1. The summed E-state index contributed by atoms with van der Waals surface area (Å²) in [6.45, 7) is 3.09. The molecule has 0 aromatic carbocycles. The Labute approximate surface area is 117 Å². The third-order valence-electron chi connectivity index (χ3n) is 2.86. The third-order valence-corrected chi connectivity index (χ3v) is 4.29. The molecule has 0 aliphatic heterocycles. The average Bonchev–Trinajstić information content (AvgIpc) is 3.07. The van der Waals surface area contributed by atoms with E-state index in [1.807, 2.05) is 11.5 Å². The zero-order valence-corrected chi connectivity index (χ0v) is 11.9. The number of nitrogens with one attached hydrogen (secondary N) is 1. The molecule has 0 fully saturated rings. The predicted molar refractivity (Wildman–Crippen MR) is 71.2 cm³/mol. The van der Waals surface area contributed by atoms with Crippen LogP contribution in [0.25, 0.3) is 0 Å². The second-order valence-corrected chi connectivity index (χ2v) is 5.91. The first-order valence-electron chi connectivity index (χ1n) is 6.21. The largest absolute Gasteiger partial charge is 0.349 e. The molecule has 2 aromatic rings. The molecule has 0 saturated heterocycles. The van der Waals surface area contributed by atoms with Crippen LogP contribution in [0, 0.1) is 0 Å². The lowest BCUT2D eigenvalue weighted by molar-refractivity contribution is 0.377. The van der Waals surface area contributed by atoms with Gasteiger partial charge in [0.25, 0.3) is 0 Å². The van der Waals surface area contributed by atoms with E-state index in [2.05, 4.69) is 14.9 Å². The SMILES string of the molecule is CCn1cc(S(=O)(=O)NCCc2ncno2)cc1CN. The zero-order valence-electron chi connectivity index (χ0n) is 11.1. The van der Waals surface area contributed by atoms with Crippen molar-refractivity contribution in [2.45, 2.75) is 31.3 Å². The van der Waals surface area contributed by atoms with E-state index in [9.17, 15) is 8.42 Å². The van der Waals surface area contributed by atoms with E-state index in [0.29, 0.717) is 25.4 Å². The maximum atomic E-state index is 12.1. The summed E-state index contributed by atoms with van der Waals surface area (Å²) < 4.78 is 33.4. The second kappa shape index (κ2) is 6.16. The number of aryl methyl sites for hydroxylation is 1. The Morgan fingerprint density at radius 1 is 1.50 bits per heavy atom. The van der Waals surface area contributed by atoms with Crippen LogP contribution in [0.2, 0.25) is 0 Å². The van der Waals surface area contributed by atoms with Crippen molar-refractivity contribution in [2.75, 3.05) is 6.54 Å². The van der Waals surface area contributed by atoms with Crippen LogP contribution in [0.5, 0.6) is 0 Å². The van der Waals surface area contributed by atoms with Gasteiger partial charge in [0.05, 0.1) is 4.90 Å². The van der Waals surface area contributed by atoms with Gasteiger partial charge in [-0.05, 0) is 13.0 Å². The Morgan fingerprint density at radius 3 is 2.85 bits per heavy atom. The van der Waals surface area contributed by atoms with Gasteiger partial charge in [0.15, 0.2) is 6.33 Å². The molecule has 8 nitrogen and oxygen atoms in total. The summed E-state index contributed by atoms with van der Waals surface area (Å²) >= 11 is 0. The highest BCUT2D eigenvalue weighted by atomic mass is 32.2. The van der Waals surface area contributed by atoms with Gasteiger partial charge in [-0.2, -0.15) is 4.98 Å². The lowest BCUT2D eigenvalue weighted by atomic mass is 10.4. The molecule has 0 atom stereocenters. The molecule has 0 spiro atoms. The van der Waals surface area contributed by atoms with Crippen molar-refractivity contribution in [1.29, 1.82) is 0 Å². The fourth-order valence-corrected chi connectivity index (χ4v) is 2.91. The third kappa shape index (κ3) is 3.24. The molecule has 0 aliphatic carbocycles. The topological polar surface area (TPSA) is 116 Å². The Bertz CT molecular complexity index is 626.